The van der Waals surface area contributed by atoms with Crippen LogP contribution in [0.4, 0.5) is 0 Å². The van der Waals surface area contributed by atoms with Gasteiger partial charge < -0.3 is 0 Å². The maximum atomic E-state index is 12.8. The van der Waals surface area contributed by atoms with Crippen LogP contribution in [0, 0.1) is 6.92 Å². The minimum Gasteiger partial charge on any atom is -0.207 e. The van der Waals surface area contributed by atoms with Crippen LogP contribution in [0.2, 0.25) is 0 Å². The molecule has 0 aromatic heterocycles. The van der Waals surface area contributed by atoms with Crippen LogP contribution in [0.1, 0.15) is 11.1 Å². The Labute approximate surface area is 137 Å². The Morgan fingerprint density at radius 3 is 2.26 bits per heavy atom. The molecule has 0 aliphatic heterocycles. The topological polar surface area (TPSA) is 37.4 Å². The summed E-state index contributed by atoms with van der Waals surface area (Å²) in [5, 5.41) is 1.96. The van der Waals surface area contributed by atoms with Crippen molar-refractivity contribution in [3.05, 3.63) is 77.9 Å². The first-order valence-corrected chi connectivity index (χ1v) is 8.92. The lowest BCUT2D eigenvalue weighted by molar-refractivity contribution is 0.466. The molecule has 0 saturated carbocycles. The third-order valence-corrected chi connectivity index (χ3v) is 5.88. The van der Waals surface area contributed by atoms with E-state index in [9.17, 15) is 8.42 Å². The van der Waals surface area contributed by atoms with Crippen LogP contribution < -0.4 is 0 Å². The highest BCUT2D eigenvalue weighted by Crippen LogP contribution is 2.22. The van der Waals surface area contributed by atoms with Gasteiger partial charge >= 0.3 is 0 Å². The Morgan fingerprint density at radius 2 is 1.52 bits per heavy atom. The Balaban J connectivity index is 1.94. The summed E-state index contributed by atoms with van der Waals surface area (Å²) >= 11 is 0. The van der Waals surface area contributed by atoms with E-state index in [1.807, 2.05) is 61.5 Å². The number of sulfonamides is 1. The zero-order chi connectivity index (χ0) is 16.4. The number of hydrogen-bond acceptors (Lipinski definition) is 2. The molecule has 3 aromatic carbocycles. The molecule has 0 radical (unpaired) electrons. The SMILES string of the molecule is Cc1ccccc1CN(C)S(=O)(=O)c1ccc2ccccc2c1. The Morgan fingerprint density at radius 1 is 0.870 bits per heavy atom. The second kappa shape index (κ2) is 6.14. The van der Waals surface area contributed by atoms with Crippen LogP contribution in [0.5, 0.6) is 0 Å². The molecular formula is C19H19NO2S. The predicted octanol–water partition coefficient (Wildman–Crippen LogP) is 3.97. The number of nitrogens with zero attached hydrogens (tertiary/aromatic N) is 1. The smallest absolute Gasteiger partial charge is 0.207 e. The third kappa shape index (κ3) is 3.14. The molecule has 0 saturated heterocycles. The molecule has 0 aliphatic carbocycles. The average Bonchev–Trinajstić information content (AvgIpc) is 2.56. The molecule has 3 aromatic rings. The fraction of sp³-hybridized carbons (Fsp3) is 0.158. The van der Waals surface area contributed by atoms with Gasteiger partial charge in [0.25, 0.3) is 0 Å². The average molecular weight is 325 g/mol. The molecule has 0 aliphatic rings. The first kappa shape index (κ1) is 15.7. The quantitative estimate of drug-likeness (QED) is 0.728. The van der Waals surface area contributed by atoms with Gasteiger partial charge in [-0.15, -0.1) is 0 Å². The Bertz CT molecular complexity index is 948. The molecule has 0 fully saturated rings. The van der Waals surface area contributed by atoms with E-state index in [2.05, 4.69) is 0 Å². The summed E-state index contributed by atoms with van der Waals surface area (Å²) in [6.07, 6.45) is 0. The van der Waals surface area contributed by atoms with Gasteiger partial charge in [0.05, 0.1) is 4.90 Å². The normalized spacial score (nSPS) is 12.0. The van der Waals surface area contributed by atoms with Crippen molar-refractivity contribution in [1.82, 2.24) is 4.31 Å². The van der Waals surface area contributed by atoms with Crippen LogP contribution in [0.3, 0.4) is 0 Å². The lowest BCUT2D eigenvalue weighted by Gasteiger charge is -2.18. The summed E-state index contributed by atoms with van der Waals surface area (Å²) in [6, 6.07) is 20.9. The van der Waals surface area contributed by atoms with Gasteiger partial charge in [-0.05, 0) is 41.0 Å². The minimum atomic E-state index is -3.51. The molecule has 0 spiro atoms. The van der Waals surface area contributed by atoms with E-state index in [4.69, 9.17) is 0 Å². The Kier molecular flexibility index (Phi) is 4.20. The maximum absolute atomic E-state index is 12.8. The van der Waals surface area contributed by atoms with Crippen molar-refractivity contribution in [1.29, 1.82) is 0 Å². The van der Waals surface area contributed by atoms with Crippen LogP contribution in [-0.4, -0.2) is 19.8 Å². The number of fused-ring (bicyclic) bond motifs is 1. The van der Waals surface area contributed by atoms with E-state index < -0.39 is 10.0 Å². The van der Waals surface area contributed by atoms with E-state index in [1.54, 1.807) is 19.2 Å². The van der Waals surface area contributed by atoms with Crippen LogP contribution in [0.25, 0.3) is 10.8 Å². The van der Waals surface area contributed by atoms with Crippen molar-refractivity contribution in [2.45, 2.75) is 18.4 Å². The maximum Gasteiger partial charge on any atom is 0.243 e. The van der Waals surface area contributed by atoms with E-state index in [0.717, 1.165) is 21.9 Å². The first-order chi connectivity index (χ1) is 11.0. The van der Waals surface area contributed by atoms with Gasteiger partial charge in [-0.2, -0.15) is 4.31 Å². The highest BCUT2D eigenvalue weighted by molar-refractivity contribution is 7.89. The van der Waals surface area contributed by atoms with E-state index in [-0.39, 0.29) is 0 Å². The minimum absolute atomic E-state index is 0.326. The summed E-state index contributed by atoms with van der Waals surface area (Å²) in [4.78, 5) is 0.326. The lowest BCUT2D eigenvalue weighted by atomic mass is 10.1. The van der Waals surface area contributed by atoms with Gasteiger partial charge in [0.15, 0.2) is 0 Å². The molecule has 0 heterocycles. The summed E-state index contributed by atoms with van der Waals surface area (Å²) in [7, 11) is -1.89. The molecule has 0 atom stereocenters. The van der Waals surface area contributed by atoms with Gasteiger partial charge in [-0.1, -0.05) is 54.6 Å². The number of benzene rings is 3. The summed E-state index contributed by atoms with van der Waals surface area (Å²) in [5.74, 6) is 0. The number of hydrogen-bond donors (Lipinski definition) is 0. The summed E-state index contributed by atoms with van der Waals surface area (Å²) in [6.45, 7) is 2.35. The molecule has 3 nitrogen and oxygen atoms in total. The van der Waals surface area contributed by atoms with E-state index in [1.165, 1.54) is 4.31 Å². The predicted molar refractivity (Wildman–Crippen MR) is 93.8 cm³/mol. The van der Waals surface area contributed by atoms with Gasteiger partial charge in [0, 0.05) is 13.6 Å². The molecule has 0 N–H and O–H groups in total. The molecule has 0 amide bonds. The largest absolute Gasteiger partial charge is 0.243 e. The van der Waals surface area contributed by atoms with Crippen LogP contribution >= 0.6 is 0 Å². The molecular weight excluding hydrogens is 306 g/mol. The second-order valence-corrected chi connectivity index (χ2v) is 7.74. The highest BCUT2D eigenvalue weighted by Gasteiger charge is 2.21. The van der Waals surface area contributed by atoms with Crippen LogP contribution in [0.15, 0.2) is 71.6 Å². The standard InChI is InChI=1S/C19H19NO2S/c1-15-7-3-4-10-18(15)14-20(2)23(21,22)19-12-11-16-8-5-6-9-17(16)13-19/h3-13H,14H2,1-2H3. The Hall–Kier alpha value is -2.17. The summed E-state index contributed by atoms with van der Waals surface area (Å²) in [5.41, 5.74) is 2.10. The van der Waals surface area contributed by atoms with Crippen molar-refractivity contribution in [2.24, 2.45) is 0 Å². The molecule has 23 heavy (non-hydrogen) atoms. The van der Waals surface area contributed by atoms with E-state index >= 15 is 0 Å². The number of aryl methyl sites for hydroxylation is 1. The van der Waals surface area contributed by atoms with Crippen molar-refractivity contribution >= 4 is 20.8 Å². The van der Waals surface area contributed by atoms with Crippen molar-refractivity contribution in [3.8, 4) is 0 Å². The highest BCUT2D eigenvalue weighted by atomic mass is 32.2. The van der Waals surface area contributed by atoms with Crippen molar-refractivity contribution < 1.29 is 8.42 Å². The molecule has 0 unspecified atom stereocenters. The molecule has 3 rings (SSSR count). The summed E-state index contributed by atoms with van der Waals surface area (Å²) < 4.78 is 27.0. The molecule has 0 bridgehead atoms. The zero-order valence-corrected chi connectivity index (χ0v) is 14.0. The third-order valence-electron chi connectivity index (χ3n) is 4.08. The monoisotopic (exact) mass is 325 g/mol. The second-order valence-electron chi connectivity index (χ2n) is 5.70. The van der Waals surface area contributed by atoms with Crippen molar-refractivity contribution in [3.63, 3.8) is 0 Å². The first-order valence-electron chi connectivity index (χ1n) is 7.48. The van der Waals surface area contributed by atoms with Crippen LogP contribution in [-0.2, 0) is 16.6 Å². The molecule has 118 valence electrons. The van der Waals surface area contributed by atoms with Gasteiger partial charge in [-0.3, -0.25) is 0 Å². The fourth-order valence-electron chi connectivity index (χ4n) is 2.62. The molecule has 4 heteroatoms. The number of rotatable bonds is 4. The zero-order valence-electron chi connectivity index (χ0n) is 13.2. The fourth-order valence-corrected chi connectivity index (χ4v) is 3.81. The van der Waals surface area contributed by atoms with E-state index in [0.29, 0.717) is 11.4 Å². The van der Waals surface area contributed by atoms with Crippen molar-refractivity contribution in [2.75, 3.05) is 7.05 Å². The van der Waals surface area contributed by atoms with Gasteiger partial charge in [-0.25, -0.2) is 8.42 Å². The van der Waals surface area contributed by atoms with Gasteiger partial charge in [0.1, 0.15) is 0 Å². The lowest BCUT2D eigenvalue weighted by Crippen LogP contribution is -2.26. The van der Waals surface area contributed by atoms with Gasteiger partial charge in [0.2, 0.25) is 10.0 Å².